The summed E-state index contributed by atoms with van der Waals surface area (Å²) in [5, 5.41) is 8.53. The van der Waals surface area contributed by atoms with Crippen LogP contribution in [0.1, 0.15) is 30.9 Å². The summed E-state index contributed by atoms with van der Waals surface area (Å²) in [6.45, 7) is 1.87. The Bertz CT molecular complexity index is 1560. The van der Waals surface area contributed by atoms with E-state index in [-0.39, 0.29) is 17.1 Å². The van der Waals surface area contributed by atoms with E-state index < -0.39 is 29.7 Å². The summed E-state index contributed by atoms with van der Waals surface area (Å²) in [6.07, 6.45) is 2.32. The number of halogens is 5. The predicted molar refractivity (Wildman–Crippen MR) is 118 cm³/mol. The zero-order valence-electron chi connectivity index (χ0n) is 18.4. The highest BCUT2D eigenvalue weighted by atomic mass is 19.4. The lowest BCUT2D eigenvalue weighted by Gasteiger charge is -2.15. The Labute approximate surface area is 199 Å². The smallest absolute Gasteiger partial charge is 0.383 e. The first-order valence-corrected chi connectivity index (χ1v) is 10.6. The van der Waals surface area contributed by atoms with E-state index in [1.54, 1.807) is 10.8 Å². The zero-order chi connectivity index (χ0) is 25.6. The van der Waals surface area contributed by atoms with Crippen molar-refractivity contribution >= 4 is 16.9 Å². The molecule has 0 spiro atoms. The molecule has 0 radical (unpaired) electrons. The number of nitrogens with zero attached hydrogens (tertiary/aromatic N) is 8. The highest BCUT2D eigenvalue weighted by Crippen LogP contribution is 2.36. The van der Waals surface area contributed by atoms with Crippen LogP contribution in [0.25, 0.3) is 27.8 Å². The Kier molecular flexibility index (Phi) is 5.57. The van der Waals surface area contributed by atoms with Crippen molar-refractivity contribution in [3.63, 3.8) is 0 Å². The average Bonchev–Trinajstić information content (AvgIpc) is 3.46. The number of hydrogen-bond acceptors (Lipinski definition) is 7. The number of anilines is 1. The van der Waals surface area contributed by atoms with Crippen molar-refractivity contribution in [1.29, 1.82) is 0 Å². The number of fused-ring (bicyclic) bond motifs is 1. The summed E-state index contributed by atoms with van der Waals surface area (Å²) in [4.78, 5) is 15.2. The third-order valence-corrected chi connectivity index (χ3v) is 5.59. The Balaban J connectivity index is 1.61. The molecule has 0 aliphatic rings. The second-order valence-electron chi connectivity index (χ2n) is 7.81. The fraction of sp³-hybridized carbons (Fsp3) is 0.182. The van der Waals surface area contributed by atoms with Crippen molar-refractivity contribution in [1.82, 2.24) is 39.5 Å². The van der Waals surface area contributed by atoms with Crippen LogP contribution in [0.2, 0.25) is 0 Å². The molecule has 9 nitrogen and oxygen atoms in total. The van der Waals surface area contributed by atoms with Crippen LogP contribution in [0.15, 0.2) is 49.3 Å². The van der Waals surface area contributed by atoms with Gasteiger partial charge < -0.3 is 10.3 Å². The largest absolute Gasteiger partial charge is 0.451 e. The molecule has 5 rings (SSSR count). The quantitative estimate of drug-likeness (QED) is 0.356. The van der Waals surface area contributed by atoms with Gasteiger partial charge in [0, 0.05) is 35.8 Å². The lowest BCUT2D eigenvalue weighted by atomic mass is 10.1. The Morgan fingerprint density at radius 2 is 1.78 bits per heavy atom. The number of aromatic nitrogens is 8. The van der Waals surface area contributed by atoms with Crippen molar-refractivity contribution in [3.8, 4) is 16.8 Å². The summed E-state index contributed by atoms with van der Waals surface area (Å²) >= 11 is 0. The normalized spacial score (nSPS) is 12.8. The van der Waals surface area contributed by atoms with Gasteiger partial charge in [-0.15, -0.1) is 5.10 Å². The second-order valence-corrected chi connectivity index (χ2v) is 7.81. The average molecular weight is 501 g/mol. The SMILES string of the molecule is CC[C@@H](c1cn(-c2ccc(F)cc2F)nn1)n1cc(-c2cnc(C(F)(F)F)nc2)c2c(N)ncnc21. The van der Waals surface area contributed by atoms with E-state index in [4.69, 9.17) is 5.73 Å². The molecule has 4 aromatic heterocycles. The third-order valence-electron chi connectivity index (χ3n) is 5.59. The number of alkyl halides is 3. The molecular weight excluding hydrogens is 485 g/mol. The maximum absolute atomic E-state index is 14.3. The Hall–Kier alpha value is -4.49. The van der Waals surface area contributed by atoms with Crippen molar-refractivity contribution < 1.29 is 22.0 Å². The van der Waals surface area contributed by atoms with Crippen LogP contribution in [0.4, 0.5) is 27.8 Å². The minimum atomic E-state index is -4.68. The molecule has 5 aromatic rings. The van der Waals surface area contributed by atoms with Gasteiger partial charge >= 0.3 is 6.18 Å². The molecule has 4 heterocycles. The third kappa shape index (κ3) is 3.99. The summed E-state index contributed by atoms with van der Waals surface area (Å²) < 4.78 is 69.2. The monoisotopic (exact) mass is 501 g/mol. The summed E-state index contributed by atoms with van der Waals surface area (Å²) in [6, 6.07) is 2.62. The van der Waals surface area contributed by atoms with E-state index in [0.717, 1.165) is 24.5 Å². The molecule has 0 aliphatic carbocycles. The Morgan fingerprint density at radius 1 is 1.03 bits per heavy atom. The van der Waals surface area contributed by atoms with Crippen molar-refractivity contribution in [3.05, 3.63) is 72.5 Å². The molecule has 36 heavy (non-hydrogen) atoms. The summed E-state index contributed by atoms with van der Waals surface area (Å²) in [5.74, 6) is -2.69. The van der Waals surface area contributed by atoms with Gasteiger partial charge in [-0.2, -0.15) is 13.2 Å². The number of nitrogen functional groups attached to an aromatic ring is 1. The number of rotatable bonds is 5. The molecule has 0 unspecified atom stereocenters. The minimum Gasteiger partial charge on any atom is -0.383 e. The van der Waals surface area contributed by atoms with Crippen molar-refractivity contribution in [2.45, 2.75) is 25.6 Å². The standard InChI is InChI=1S/C22H16F5N9/c1-2-16(15-9-36(34-33-15)17-4-3-12(23)5-14(17)24)35-8-13(18-19(28)31-10-32-20(18)35)11-6-29-21(30-7-11)22(25,26)27/h3-10,16H,2H2,1H3,(H2,28,31,32)/t16-/m0/s1. The first-order valence-electron chi connectivity index (χ1n) is 10.6. The second kappa shape index (κ2) is 8.62. The predicted octanol–water partition coefficient (Wildman–Crippen LogP) is 4.35. The number of nitrogens with two attached hydrogens (primary N) is 1. The van der Waals surface area contributed by atoms with Crippen molar-refractivity contribution in [2.75, 3.05) is 5.73 Å². The van der Waals surface area contributed by atoms with E-state index >= 15 is 0 Å². The van der Waals surface area contributed by atoms with E-state index in [1.165, 1.54) is 23.3 Å². The van der Waals surface area contributed by atoms with Gasteiger partial charge in [-0.3, -0.25) is 0 Å². The minimum absolute atomic E-state index is 0.0107. The van der Waals surface area contributed by atoms with Gasteiger partial charge in [0.05, 0.1) is 17.6 Å². The van der Waals surface area contributed by atoms with Crippen LogP contribution < -0.4 is 5.73 Å². The van der Waals surface area contributed by atoms with Crippen LogP contribution in [-0.2, 0) is 6.18 Å². The molecule has 0 aliphatic heterocycles. The molecule has 2 N–H and O–H groups in total. The van der Waals surface area contributed by atoms with E-state index in [9.17, 15) is 22.0 Å². The van der Waals surface area contributed by atoms with Crippen molar-refractivity contribution in [2.24, 2.45) is 0 Å². The molecule has 1 atom stereocenters. The van der Waals surface area contributed by atoms with Gasteiger partial charge in [0.25, 0.3) is 0 Å². The van der Waals surface area contributed by atoms with Gasteiger partial charge in [-0.05, 0) is 18.6 Å². The highest BCUT2D eigenvalue weighted by Gasteiger charge is 2.34. The molecule has 0 amide bonds. The van der Waals surface area contributed by atoms with Gasteiger partial charge in [0.2, 0.25) is 5.82 Å². The fourth-order valence-corrected chi connectivity index (χ4v) is 3.94. The lowest BCUT2D eigenvalue weighted by molar-refractivity contribution is -0.144. The van der Waals surface area contributed by atoms with Gasteiger partial charge in [-0.1, -0.05) is 12.1 Å². The summed E-state index contributed by atoms with van der Waals surface area (Å²) in [5.41, 5.74) is 7.65. The summed E-state index contributed by atoms with van der Waals surface area (Å²) in [7, 11) is 0. The molecule has 0 bridgehead atoms. The van der Waals surface area contributed by atoms with E-state index in [2.05, 4.69) is 30.2 Å². The van der Waals surface area contributed by atoms with Gasteiger partial charge in [0.15, 0.2) is 5.82 Å². The van der Waals surface area contributed by atoms with Crippen LogP contribution in [0.5, 0.6) is 0 Å². The molecule has 0 saturated heterocycles. The molecular formula is C22H16F5N9. The van der Waals surface area contributed by atoms with E-state index in [0.29, 0.717) is 28.7 Å². The highest BCUT2D eigenvalue weighted by molar-refractivity contribution is 6.00. The molecule has 0 saturated carbocycles. The number of benzene rings is 1. The maximum Gasteiger partial charge on any atom is 0.451 e. The molecule has 14 heteroatoms. The van der Waals surface area contributed by atoms with Gasteiger partial charge in [-0.25, -0.2) is 33.4 Å². The molecule has 184 valence electrons. The molecule has 1 aromatic carbocycles. The van der Waals surface area contributed by atoms with Crippen LogP contribution in [-0.4, -0.2) is 39.5 Å². The van der Waals surface area contributed by atoms with E-state index in [1.807, 2.05) is 6.92 Å². The van der Waals surface area contributed by atoms with Gasteiger partial charge in [0.1, 0.15) is 35.0 Å². The zero-order valence-corrected chi connectivity index (χ0v) is 18.4. The first-order chi connectivity index (χ1) is 17.2. The topological polar surface area (TPSA) is 113 Å². The maximum atomic E-state index is 14.3. The Morgan fingerprint density at radius 3 is 2.44 bits per heavy atom. The lowest BCUT2D eigenvalue weighted by Crippen LogP contribution is -2.10. The number of hydrogen-bond donors (Lipinski definition) is 1. The first kappa shape index (κ1) is 23.3. The molecule has 0 fully saturated rings. The van der Waals surface area contributed by atoms with Crippen LogP contribution in [0.3, 0.4) is 0 Å². The van der Waals surface area contributed by atoms with Crippen LogP contribution >= 0.6 is 0 Å². The van der Waals surface area contributed by atoms with Crippen LogP contribution in [0, 0.1) is 11.6 Å². The fourth-order valence-electron chi connectivity index (χ4n) is 3.94.